The fourth-order valence-electron chi connectivity index (χ4n) is 8.01. The van der Waals surface area contributed by atoms with Crippen LogP contribution in [0.4, 0.5) is 0 Å². The SMILES string of the molecule is CC(C)C(=O)OCC(=O)[C@@]1(OC(=O)C(C)C)[C@H](OC(=O)C(C)C)C[C@H]2[C@@H]3CCC4=CC(=O)C=C[C@]4(C)[C@H]3CC[C@@]21C. The molecule has 0 unspecified atom stereocenters. The Labute approximate surface area is 243 Å². The van der Waals surface area contributed by atoms with Crippen molar-refractivity contribution < 1.29 is 38.2 Å². The van der Waals surface area contributed by atoms with Gasteiger partial charge in [-0.1, -0.05) is 67.0 Å². The van der Waals surface area contributed by atoms with Crippen molar-refractivity contribution in [3.05, 3.63) is 23.8 Å². The van der Waals surface area contributed by atoms with Crippen LogP contribution >= 0.6 is 0 Å². The van der Waals surface area contributed by atoms with Gasteiger partial charge in [-0.25, -0.2) is 0 Å². The molecule has 0 aromatic rings. The molecule has 3 saturated carbocycles. The number of rotatable bonds is 8. The number of fused-ring (bicyclic) bond motifs is 5. The number of ether oxygens (including phenoxy) is 3. The predicted octanol–water partition coefficient (Wildman–Crippen LogP) is 5.18. The molecule has 8 heteroatoms. The molecule has 0 spiro atoms. The molecule has 0 N–H and O–H groups in total. The summed E-state index contributed by atoms with van der Waals surface area (Å²) in [7, 11) is 0. The first kappa shape index (κ1) is 31.2. The highest BCUT2D eigenvalue weighted by molar-refractivity contribution is 6.01. The molecular weight excluding hydrogens is 524 g/mol. The average molecular weight is 571 g/mol. The van der Waals surface area contributed by atoms with E-state index in [0.717, 1.165) is 24.8 Å². The van der Waals surface area contributed by atoms with E-state index in [1.54, 1.807) is 53.7 Å². The van der Waals surface area contributed by atoms with Crippen molar-refractivity contribution in [2.45, 2.75) is 99.2 Å². The molecule has 0 bridgehead atoms. The minimum atomic E-state index is -1.79. The van der Waals surface area contributed by atoms with Gasteiger partial charge in [-0.2, -0.15) is 0 Å². The van der Waals surface area contributed by atoms with Crippen LogP contribution in [-0.4, -0.2) is 47.8 Å². The Morgan fingerprint density at radius 1 is 0.902 bits per heavy atom. The average Bonchev–Trinajstić information content (AvgIpc) is 3.15. The van der Waals surface area contributed by atoms with Gasteiger partial charge in [0.2, 0.25) is 11.4 Å². The molecule has 0 aromatic heterocycles. The molecule has 0 heterocycles. The minimum Gasteiger partial charge on any atom is -0.457 e. The maximum atomic E-state index is 14.4. The van der Waals surface area contributed by atoms with Crippen LogP contribution in [0, 0.1) is 46.3 Å². The lowest BCUT2D eigenvalue weighted by atomic mass is 9.47. The molecule has 7 atom stereocenters. The fraction of sp³-hybridized carbons (Fsp3) is 0.727. The third kappa shape index (κ3) is 5.10. The Bertz CT molecular complexity index is 1180. The van der Waals surface area contributed by atoms with Crippen molar-refractivity contribution in [1.82, 2.24) is 0 Å². The summed E-state index contributed by atoms with van der Waals surface area (Å²) in [4.78, 5) is 65.3. The predicted molar refractivity (Wildman–Crippen MR) is 151 cm³/mol. The van der Waals surface area contributed by atoms with E-state index in [1.165, 1.54) is 0 Å². The molecule has 0 amide bonds. The zero-order valence-electron chi connectivity index (χ0n) is 25.8. The van der Waals surface area contributed by atoms with Gasteiger partial charge in [-0.05, 0) is 62.0 Å². The van der Waals surface area contributed by atoms with Gasteiger partial charge in [0.15, 0.2) is 12.4 Å². The van der Waals surface area contributed by atoms with Crippen molar-refractivity contribution >= 4 is 29.5 Å². The monoisotopic (exact) mass is 570 g/mol. The van der Waals surface area contributed by atoms with Gasteiger partial charge in [-0.3, -0.25) is 24.0 Å². The third-order valence-corrected chi connectivity index (χ3v) is 10.4. The van der Waals surface area contributed by atoms with Crippen LogP contribution < -0.4 is 0 Å². The van der Waals surface area contributed by atoms with Crippen LogP contribution in [0.3, 0.4) is 0 Å². The number of hydrogen-bond donors (Lipinski definition) is 0. The van der Waals surface area contributed by atoms with E-state index in [2.05, 4.69) is 6.92 Å². The van der Waals surface area contributed by atoms with E-state index >= 15 is 0 Å². The molecule has 4 aliphatic rings. The Hall–Kier alpha value is -2.77. The second-order valence-corrected chi connectivity index (χ2v) is 13.9. The molecule has 3 fully saturated rings. The van der Waals surface area contributed by atoms with Crippen LogP contribution in [-0.2, 0) is 38.2 Å². The summed E-state index contributed by atoms with van der Waals surface area (Å²) in [5.41, 5.74) is -1.78. The number of allylic oxidation sites excluding steroid dienone is 4. The van der Waals surface area contributed by atoms with Gasteiger partial charge in [-0.15, -0.1) is 0 Å². The van der Waals surface area contributed by atoms with Gasteiger partial charge in [0.25, 0.3) is 0 Å². The molecule has 0 aromatic carbocycles. The minimum absolute atomic E-state index is 0.0132. The number of ketones is 2. The number of esters is 3. The van der Waals surface area contributed by atoms with Crippen molar-refractivity contribution in [3.63, 3.8) is 0 Å². The van der Waals surface area contributed by atoms with E-state index in [4.69, 9.17) is 14.2 Å². The summed E-state index contributed by atoms with van der Waals surface area (Å²) in [5, 5.41) is 0. The van der Waals surface area contributed by atoms with Gasteiger partial charge in [0, 0.05) is 10.8 Å². The third-order valence-electron chi connectivity index (χ3n) is 10.4. The molecule has 0 aliphatic heterocycles. The lowest BCUT2D eigenvalue weighted by Gasteiger charge is -2.58. The largest absolute Gasteiger partial charge is 0.457 e. The smallest absolute Gasteiger partial charge is 0.309 e. The molecule has 4 rings (SSSR count). The first-order valence-corrected chi connectivity index (χ1v) is 15.2. The van der Waals surface area contributed by atoms with Crippen LogP contribution in [0.25, 0.3) is 0 Å². The highest BCUT2D eigenvalue weighted by atomic mass is 16.6. The van der Waals surface area contributed by atoms with E-state index < -0.39 is 65.2 Å². The zero-order valence-corrected chi connectivity index (χ0v) is 25.8. The highest BCUT2D eigenvalue weighted by Gasteiger charge is 2.74. The number of Topliss-reactive ketones (excluding diaryl/α,β-unsaturated/α-hetero) is 1. The molecule has 226 valence electrons. The molecular formula is C33H46O8. The fourth-order valence-corrected chi connectivity index (χ4v) is 8.01. The quantitative estimate of drug-likeness (QED) is 0.290. The zero-order chi connectivity index (χ0) is 30.5. The normalized spacial score (nSPS) is 35.9. The summed E-state index contributed by atoms with van der Waals surface area (Å²) < 4.78 is 17.8. The number of hydrogen-bond acceptors (Lipinski definition) is 8. The molecule has 41 heavy (non-hydrogen) atoms. The maximum absolute atomic E-state index is 14.4. The van der Waals surface area contributed by atoms with E-state index in [9.17, 15) is 24.0 Å². The van der Waals surface area contributed by atoms with Gasteiger partial charge in [0.05, 0.1) is 17.8 Å². The summed E-state index contributed by atoms with van der Waals surface area (Å²) in [6, 6.07) is 0. The Balaban J connectivity index is 1.81. The lowest BCUT2D eigenvalue weighted by Crippen LogP contribution is -2.64. The van der Waals surface area contributed by atoms with Crippen LogP contribution in [0.2, 0.25) is 0 Å². The van der Waals surface area contributed by atoms with Crippen molar-refractivity contribution in [2.24, 2.45) is 46.3 Å². The second kappa shape index (κ2) is 11.1. The highest BCUT2D eigenvalue weighted by Crippen LogP contribution is 2.68. The van der Waals surface area contributed by atoms with Crippen LogP contribution in [0.1, 0.15) is 87.5 Å². The number of carbonyl (C=O) groups is 5. The standard InChI is InChI=1S/C33H46O8/c1-18(2)28(36)39-17-26(35)33(41-30(38)20(5)6)27(40-29(37)19(3)4)16-25-23-10-9-21-15-22(34)11-13-31(21,7)24(23)12-14-32(25,33)8/h11,13,15,18-20,23-25,27H,9-10,12,14,16-17H2,1-8H3/t23-,24+,25+,27-,31+,32+,33-/m1/s1. The Morgan fingerprint density at radius 2 is 1.54 bits per heavy atom. The summed E-state index contributed by atoms with van der Waals surface area (Å²) in [6.45, 7) is 13.8. The van der Waals surface area contributed by atoms with Gasteiger partial charge in [0.1, 0.15) is 6.10 Å². The summed E-state index contributed by atoms with van der Waals surface area (Å²) >= 11 is 0. The van der Waals surface area contributed by atoms with Crippen LogP contribution in [0.15, 0.2) is 23.8 Å². The van der Waals surface area contributed by atoms with E-state index in [1.807, 2.05) is 13.0 Å². The maximum Gasteiger partial charge on any atom is 0.309 e. The molecule has 8 nitrogen and oxygen atoms in total. The number of carbonyl (C=O) groups excluding carboxylic acids is 5. The lowest BCUT2D eigenvalue weighted by molar-refractivity contribution is -0.212. The second-order valence-electron chi connectivity index (χ2n) is 13.9. The van der Waals surface area contributed by atoms with Crippen molar-refractivity contribution in [3.8, 4) is 0 Å². The van der Waals surface area contributed by atoms with Gasteiger partial charge >= 0.3 is 17.9 Å². The molecule has 0 radical (unpaired) electrons. The van der Waals surface area contributed by atoms with Crippen molar-refractivity contribution in [1.29, 1.82) is 0 Å². The van der Waals surface area contributed by atoms with Crippen LogP contribution in [0.5, 0.6) is 0 Å². The van der Waals surface area contributed by atoms with Gasteiger partial charge < -0.3 is 14.2 Å². The molecule has 4 aliphatic carbocycles. The summed E-state index contributed by atoms with van der Waals surface area (Å²) in [6.07, 6.45) is 7.70. The van der Waals surface area contributed by atoms with E-state index in [-0.39, 0.29) is 29.0 Å². The first-order chi connectivity index (χ1) is 19.1. The first-order valence-electron chi connectivity index (χ1n) is 15.2. The van der Waals surface area contributed by atoms with E-state index in [0.29, 0.717) is 12.8 Å². The topological polar surface area (TPSA) is 113 Å². The van der Waals surface area contributed by atoms with Crippen molar-refractivity contribution in [2.75, 3.05) is 6.61 Å². The molecule has 0 saturated heterocycles. The Kier molecular flexibility index (Phi) is 8.47. The Morgan fingerprint density at radius 3 is 2.15 bits per heavy atom. The summed E-state index contributed by atoms with van der Waals surface area (Å²) in [5.74, 6) is -3.22.